The van der Waals surface area contributed by atoms with Crippen molar-refractivity contribution in [3.8, 4) is 10.4 Å². The topological polar surface area (TPSA) is 121 Å². The molecule has 3 N–H and O–H groups in total. The number of nitrogens with one attached hydrogen (secondary N) is 2. The number of carbonyl (C=O) groups excluding carboxylic acids is 3. The molecule has 1 aromatic heterocycles. The van der Waals surface area contributed by atoms with Gasteiger partial charge in [0.15, 0.2) is 6.10 Å². The number of hydrogen-bond acceptors (Lipinski definition) is 7. The Morgan fingerprint density at radius 3 is 2.29 bits per heavy atom. The Labute approximate surface area is 229 Å². The van der Waals surface area contributed by atoms with Gasteiger partial charge < -0.3 is 25.4 Å². The lowest BCUT2D eigenvalue weighted by molar-refractivity contribution is -0.176. The molecular formula is C28H40N4O5S. The molecule has 0 aliphatic carbocycles. The van der Waals surface area contributed by atoms with E-state index in [-0.39, 0.29) is 13.0 Å². The summed E-state index contributed by atoms with van der Waals surface area (Å²) in [5.74, 6) is -1.27. The Morgan fingerprint density at radius 1 is 1.13 bits per heavy atom. The van der Waals surface area contributed by atoms with Crippen molar-refractivity contribution < 1.29 is 24.2 Å². The van der Waals surface area contributed by atoms with Crippen LogP contribution in [0.3, 0.4) is 0 Å². The lowest BCUT2D eigenvalue weighted by atomic mass is 9.87. The number of amides is 3. The Hall–Kier alpha value is -2.98. The van der Waals surface area contributed by atoms with Gasteiger partial charge in [0, 0.05) is 23.9 Å². The summed E-state index contributed by atoms with van der Waals surface area (Å²) in [4.78, 5) is 46.0. The number of alkyl carbamates (subject to hydrolysis) is 1. The van der Waals surface area contributed by atoms with Crippen LogP contribution in [0.5, 0.6) is 0 Å². The summed E-state index contributed by atoms with van der Waals surface area (Å²) >= 11 is 1.57. The lowest BCUT2D eigenvalue weighted by Gasteiger charge is -2.38. The number of rotatable bonds is 6. The van der Waals surface area contributed by atoms with Crippen molar-refractivity contribution >= 4 is 29.2 Å². The van der Waals surface area contributed by atoms with Crippen LogP contribution in [-0.2, 0) is 14.3 Å². The molecule has 1 fully saturated rings. The molecule has 9 nitrogen and oxygen atoms in total. The van der Waals surface area contributed by atoms with E-state index in [1.165, 1.54) is 0 Å². The zero-order valence-electron chi connectivity index (χ0n) is 23.5. The number of likely N-dealkylation sites (tertiary alicyclic amines) is 1. The molecule has 2 aromatic rings. The van der Waals surface area contributed by atoms with Gasteiger partial charge in [-0.1, -0.05) is 45.0 Å². The molecule has 1 aliphatic heterocycles. The van der Waals surface area contributed by atoms with Crippen LogP contribution in [0.4, 0.5) is 4.79 Å². The Bertz CT molecular complexity index is 1170. The van der Waals surface area contributed by atoms with Gasteiger partial charge in [-0.2, -0.15) is 0 Å². The van der Waals surface area contributed by atoms with Crippen molar-refractivity contribution in [2.45, 2.75) is 91.6 Å². The standard InChI is InChI=1S/C28H40N4O5S/c1-17(19-10-12-20(13-11-19)21-18(2)29-16-38-21)30-24(34)28(36)14-9-15-32(28)23(33)22(26(3,4)5)37-25(35)31-27(6,7)8/h10-13,16-17,22,36H,9,14-15H2,1-8H3,(H,30,34)(H,31,35)/t17-,22?,28-/m0/s1. The number of ether oxygens (including phenoxy) is 1. The predicted octanol–water partition coefficient (Wildman–Crippen LogP) is 4.55. The third-order valence-corrected chi connectivity index (χ3v) is 7.44. The van der Waals surface area contributed by atoms with Crippen LogP contribution in [0, 0.1) is 12.3 Å². The highest BCUT2D eigenvalue weighted by molar-refractivity contribution is 7.13. The van der Waals surface area contributed by atoms with Gasteiger partial charge in [0.25, 0.3) is 11.8 Å². The van der Waals surface area contributed by atoms with Crippen LogP contribution in [0.1, 0.15) is 78.6 Å². The van der Waals surface area contributed by atoms with Gasteiger partial charge in [0.05, 0.1) is 22.1 Å². The van der Waals surface area contributed by atoms with E-state index in [1.807, 2.05) is 43.6 Å². The van der Waals surface area contributed by atoms with E-state index in [1.54, 1.807) is 52.9 Å². The molecule has 0 bridgehead atoms. The fourth-order valence-electron chi connectivity index (χ4n) is 4.41. The summed E-state index contributed by atoms with van der Waals surface area (Å²) in [5.41, 5.74) is 1.32. The van der Waals surface area contributed by atoms with E-state index >= 15 is 0 Å². The zero-order valence-corrected chi connectivity index (χ0v) is 24.4. The van der Waals surface area contributed by atoms with Crippen molar-refractivity contribution in [2.75, 3.05) is 6.54 Å². The van der Waals surface area contributed by atoms with Crippen molar-refractivity contribution in [2.24, 2.45) is 5.41 Å². The van der Waals surface area contributed by atoms with Gasteiger partial charge in [-0.25, -0.2) is 9.78 Å². The summed E-state index contributed by atoms with van der Waals surface area (Å²) in [6.07, 6.45) is -1.39. The van der Waals surface area contributed by atoms with Crippen LogP contribution in [0.25, 0.3) is 10.4 Å². The fourth-order valence-corrected chi connectivity index (χ4v) is 5.22. The van der Waals surface area contributed by atoms with Gasteiger partial charge in [0.1, 0.15) is 0 Å². The number of aliphatic hydroxyl groups is 1. The van der Waals surface area contributed by atoms with E-state index in [4.69, 9.17) is 4.74 Å². The van der Waals surface area contributed by atoms with Crippen LogP contribution in [0.2, 0.25) is 0 Å². The summed E-state index contributed by atoms with van der Waals surface area (Å²) in [5, 5.41) is 17.0. The maximum absolute atomic E-state index is 13.6. The number of aryl methyl sites for hydroxylation is 1. The maximum atomic E-state index is 13.6. The largest absolute Gasteiger partial charge is 0.436 e. The summed E-state index contributed by atoms with van der Waals surface area (Å²) < 4.78 is 5.55. The first-order valence-corrected chi connectivity index (χ1v) is 13.7. The van der Waals surface area contributed by atoms with E-state index in [0.717, 1.165) is 26.6 Å². The third kappa shape index (κ3) is 6.71. The van der Waals surface area contributed by atoms with Gasteiger partial charge in [-0.15, -0.1) is 11.3 Å². The second-order valence-electron chi connectivity index (χ2n) is 12.0. The number of nitrogens with zero attached hydrogens (tertiary/aromatic N) is 2. The van der Waals surface area contributed by atoms with E-state index < -0.39 is 46.7 Å². The molecule has 1 saturated heterocycles. The molecule has 3 atom stereocenters. The Morgan fingerprint density at radius 2 is 1.76 bits per heavy atom. The van der Waals surface area contributed by atoms with Crippen LogP contribution in [0.15, 0.2) is 29.8 Å². The van der Waals surface area contributed by atoms with Crippen molar-refractivity contribution in [1.29, 1.82) is 0 Å². The Balaban J connectivity index is 1.75. The van der Waals surface area contributed by atoms with Crippen molar-refractivity contribution in [3.63, 3.8) is 0 Å². The quantitative estimate of drug-likeness (QED) is 0.491. The van der Waals surface area contributed by atoms with E-state index in [2.05, 4.69) is 15.6 Å². The first-order chi connectivity index (χ1) is 17.5. The summed E-state index contributed by atoms with van der Waals surface area (Å²) in [6.45, 7) is 14.7. The molecule has 0 radical (unpaired) electrons. The number of benzene rings is 1. The number of thiazole rings is 1. The van der Waals surface area contributed by atoms with E-state index in [0.29, 0.717) is 6.42 Å². The van der Waals surface area contributed by atoms with Crippen LogP contribution < -0.4 is 10.6 Å². The molecule has 0 spiro atoms. The highest BCUT2D eigenvalue weighted by Gasteiger charge is 2.52. The fraction of sp³-hybridized carbons (Fsp3) is 0.571. The predicted molar refractivity (Wildman–Crippen MR) is 147 cm³/mol. The molecule has 208 valence electrons. The van der Waals surface area contributed by atoms with Crippen molar-refractivity contribution in [1.82, 2.24) is 20.5 Å². The molecule has 1 aromatic carbocycles. The zero-order chi connectivity index (χ0) is 28.5. The minimum atomic E-state index is -2.04. The first-order valence-electron chi connectivity index (χ1n) is 12.9. The highest BCUT2D eigenvalue weighted by Crippen LogP contribution is 2.33. The minimum Gasteiger partial charge on any atom is -0.436 e. The normalized spacial score (nSPS) is 19.6. The smallest absolute Gasteiger partial charge is 0.408 e. The van der Waals surface area contributed by atoms with Gasteiger partial charge >= 0.3 is 6.09 Å². The number of aromatic nitrogens is 1. The molecular weight excluding hydrogens is 504 g/mol. The number of hydrogen-bond donors (Lipinski definition) is 3. The van der Waals surface area contributed by atoms with Gasteiger partial charge in [-0.3, -0.25) is 9.59 Å². The second kappa shape index (κ2) is 11.0. The second-order valence-corrected chi connectivity index (χ2v) is 12.9. The SMILES string of the molecule is Cc1ncsc1-c1ccc([C@H](C)NC(=O)[C@@]2(O)CCCN2C(=O)C(OC(=O)NC(C)(C)C)C(C)(C)C)cc1. The molecule has 3 amide bonds. The monoisotopic (exact) mass is 544 g/mol. The molecule has 10 heteroatoms. The molecule has 1 unspecified atom stereocenters. The molecule has 0 saturated carbocycles. The number of carbonyl (C=O) groups is 3. The first kappa shape index (κ1) is 29.6. The lowest BCUT2D eigenvalue weighted by Crippen LogP contribution is -2.61. The maximum Gasteiger partial charge on any atom is 0.408 e. The minimum absolute atomic E-state index is 0.0892. The highest BCUT2D eigenvalue weighted by atomic mass is 32.1. The molecule has 2 heterocycles. The summed E-state index contributed by atoms with van der Waals surface area (Å²) in [6, 6.07) is 7.41. The average Bonchev–Trinajstić information content (AvgIpc) is 3.41. The Kier molecular flexibility index (Phi) is 8.58. The van der Waals surface area contributed by atoms with Crippen molar-refractivity contribution in [3.05, 3.63) is 41.0 Å². The average molecular weight is 545 g/mol. The third-order valence-electron chi connectivity index (χ3n) is 6.46. The van der Waals surface area contributed by atoms with Crippen LogP contribution in [-0.4, -0.2) is 56.8 Å². The van der Waals surface area contributed by atoms with Gasteiger partial charge in [0.2, 0.25) is 5.72 Å². The molecule has 38 heavy (non-hydrogen) atoms. The summed E-state index contributed by atoms with van der Waals surface area (Å²) in [7, 11) is 0. The van der Waals surface area contributed by atoms with E-state index in [9.17, 15) is 19.5 Å². The van der Waals surface area contributed by atoms with Crippen LogP contribution >= 0.6 is 11.3 Å². The van der Waals surface area contributed by atoms with Gasteiger partial charge in [-0.05, 0) is 52.2 Å². The molecule has 1 aliphatic rings. The molecule has 3 rings (SSSR count).